The van der Waals surface area contributed by atoms with E-state index in [0.29, 0.717) is 4.68 Å². The van der Waals surface area contributed by atoms with Crippen molar-refractivity contribution in [1.82, 2.24) is 15.1 Å². The summed E-state index contributed by atoms with van der Waals surface area (Å²) in [7, 11) is 0. The van der Waals surface area contributed by atoms with Crippen molar-refractivity contribution in [2.75, 3.05) is 0 Å². The SMILES string of the molecule is C[C@H](NC(=O)c1cc(-c2ccc(C(F)(F)F)cc2)nn(-c2cccc(F)c2)c1=O)[C@@H](O)C(F)(F)F. The van der Waals surface area contributed by atoms with E-state index in [1.165, 1.54) is 12.1 Å². The summed E-state index contributed by atoms with van der Waals surface area (Å²) in [5, 5.41) is 15.2. The van der Waals surface area contributed by atoms with E-state index in [9.17, 15) is 45.4 Å². The van der Waals surface area contributed by atoms with Gasteiger partial charge in [0.2, 0.25) is 0 Å². The molecule has 2 N–H and O–H groups in total. The number of hydrogen-bond donors (Lipinski definition) is 2. The molecule has 0 bridgehead atoms. The predicted octanol–water partition coefficient (Wildman–Crippen LogP) is 4.10. The van der Waals surface area contributed by atoms with Gasteiger partial charge in [0.15, 0.2) is 6.10 Å². The quantitative estimate of drug-likeness (QED) is 0.514. The van der Waals surface area contributed by atoms with Gasteiger partial charge in [0.25, 0.3) is 11.5 Å². The van der Waals surface area contributed by atoms with E-state index in [2.05, 4.69) is 5.10 Å². The van der Waals surface area contributed by atoms with E-state index in [4.69, 9.17) is 0 Å². The molecular formula is C22H16F7N3O3. The van der Waals surface area contributed by atoms with Crippen LogP contribution in [-0.2, 0) is 6.18 Å². The third-order valence-electron chi connectivity index (χ3n) is 4.88. The van der Waals surface area contributed by atoms with Crippen LogP contribution in [0.5, 0.6) is 0 Å². The van der Waals surface area contributed by atoms with Crippen LogP contribution in [0.2, 0.25) is 0 Å². The van der Waals surface area contributed by atoms with Gasteiger partial charge in [-0.2, -0.15) is 36.1 Å². The third-order valence-corrected chi connectivity index (χ3v) is 4.88. The lowest BCUT2D eigenvalue weighted by Gasteiger charge is -2.22. The zero-order chi connectivity index (χ0) is 26.1. The molecule has 1 aromatic heterocycles. The molecule has 0 aliphatic rings. The van der Waals surface area contributed by atoms with Gasteiger partial charge in [-0.3, -0.25) is 9.59 Å². The van der Waals surface area contributed by atoms with Crippen molar-refractivity contribution in [2.24, 2.45) is 0 Å². The molecular weight excluding hydrogens is 487 g/mol. The Morgan fingerprint density at radius 2 is 1.66 bits per heavy atom. The molecule has 1 heterocycles. The molecule has 0 aliphatic heterocycles. The van der Waals surface area contributed by atoms with E-state index < -0.39 is 52.9 Å². The number of aliphatic hydroxyl groups excluding tert-OH is 1. The summed E-state index contributed by atoms with van der Waals surface area (Å²) in [6.45, 7) is 0.860. The van der Waals surface area contributed by atoms with Crippen molar-refractivity contribution in [2.45, 2.75) is 31.4 Å². The largest absolute Gasteiger partial charge is 0.416 e. The Morgan fingerprint density at radius 1 is 1.03 bits per heavy atom. The number of amides is 1. The standard InChI is InChI=1S/C22H16F7N3O3/c1-11(18(33)22(27,28)29)30-19(34)16-10-17(12-5-7-13(8-6-12)21(24,25)26)31-32(20(16)35)15-4-2-3-14(23)9-15/h2-11,18,33H,1H3,(H,30,34)/t11-,18+/m0/s1. The first-order valence-electron chi connectivity index (χ1n) is 9.82. The van der Waals surface area contributed by atoms with Crippen LogP contribution in [0.3, 0.4) is 0 Å². The maximum absolute atomic E-state index is 13.7. The summed E-state index contributed by atoms with van der Waals surface area (Å²) in [4.78, 5) is 25.6. The normalized spacial score (nSPS) is 13.9. The number of carbonyl (C=O) groups is 1. The number of alkyl halides is 6. The number of aliphatic hydroxyl groups is 1. The second-order valence-electron chi connectivity index (χ2n) is 7.46. The van der Waals surface area contributed by atoms with Gasteiger partial charge in [-0.05, 0) is 43.3 Å². The monoisotopic (exact) mass is 503 g/mol. The van der Waals surface area contributed by atoms with Crippen LogP contribution < -0.4 is 10.9 Å². The minimum absolute atomic E-state index is 0.0283. The minimum atomic E-state index is -5.06. The van der Waals surface area contributed by atoms with Crippen molar-refractivity contribution in [3.8, 4) is 16.9 Å². The summed E-state index contributed by atoms with van der Waals surface area (Å²) in [6, 6.07) is 6.95. The number of halogens is 7. The highest BCUT2D eigenvalue weighted by molar-refractivity contribution is 5.95. The van der Waals surface area contributed by atoms with Gasteiger partial charge in [-0.1, -0.05) is 18.2 Å². The predicted molar refractivity (Wildman–Crippen MR) is 109 cm³/mol. The van der Waals surface area contributed by atoms with Gasteiger partial charge < -0.3 is 10.4 Å². The highest BCUT2D eigenvalue weighted by atomic mass is 19.4. The molecule has 0 unspecified atom stereocenters. The first-order chi connectivity index (χ1) is 16.2. The molecule has 35 heavy (non-hydrogen) atoms. The summed E-state index contributed by atoms with van der Waals surface area (Å²) in [6.07, 6.45) is -12.6. The molecule has 0 saturated carbocycles. The number of nitrogens with one attached hydrogen (secondary N) is 1. The summed E-state index contributed by atoms with van der Waals surface area (Å²) in [5.74, 6) is -2.09. The number of aromatic nitrogens is 2. The first-order valence-corrected chi connectivity index (χ1v) is 9.82. The molecule has 13 heteroatoms. The number of rotatable bonds is 5. The van der Waals surface area contributed by atoms with Crippen molar-refractivity contribution >= 4 is 5.91 Å². The van der Waals surface area contributed by atoms with Crippen LogP contribution >= 0.6 is 0 Å². The third kappa shape index (κ3) is 5.85. The van der Waals surface area contributed by atoms with Gasteiger partial charge >= 0.3 is 12.4 Å². The zero-order valence-electron chi connectivity index (χ0n) is 17.7. The van der Waals surface area contributed by atoms with Gasteiger partial charge in [-0.15, -0.1) is 0 Å². The Labute approximate surface area is 192 Å². The fourth-order valence-corrected chi connectivity index (χ4v) is 3.06. The van der Waals surface area contributed by atoms with Crippen LogP contribution in [0, 0.1) is 5.82 Å². The van der Waals surface area contributed by atoms with Gasteiger partial charge in [-0.25, -0.2) is 4.39 Å². The van der Waals surface area contributed by atoms with E-state index in [1.54, 1.807) is 0 Å². The average molecular weight is 503 g/mol. The molecule has 0 aliphatic carbocycles. The maximum atomic E-state index is 13.7. The van der Waals surface area contributed by atoms with E-state index in [1.807, 2.05) is 5.32 Å². The van der Waals surface area contributed by atoms with Gasteiger partial charge in [0, 0.05) is 5.56 Å². The van der Waals surface area contributed by atoms with E-state index in [-0.39, 0.29) is 16.9 Å². The van der Waals surface area contributed by atoms with Crippen LogP contribution in [0.15, 0.2) is 59.4 Å². The molecule has 2 atom stereocenters. The molecule has 6 nitrogen and oxygen atoms in total. The molecule has 0 fully saturated rings. The molecule has 3 rings (SSSR count). The number of hydrogen-bond acceptors (Lipinski definition) is 4. The lowest BCUT2D eigenvalue weighted by Crippen LogP contribution is -2.49. The first kappa shape index (κ1) is 25.9. The molecule has 0 spiro atoms. The van der Waals surface area contributed by atoms with Crippen molar-refractivity contribution in [1.29, 1.82) is 0 Å². The fraction of sp³-hybridized carbons (Fsp3) is 0.227. The Balaban J connectivity index is 2.12. The Morgan fingerprint density at radius 3 is 2.20 bits per heavy atom. The van der Waals surface area contributed by atoms with Crippen LogP contribution in [0.1, 0.15) is 22.8 Å². The van der Waals surface area contributed by atoms with Crippen molar-refractivity contribution in [3.05, 3.63) is 81.9 Å². The second-order valence-corrected chi connectivity index (χ2v) is 7.46. The highest BCUT2D eigenvalue weighted by Gasteiger charge is 2.42. The Kier molecular flexibility index (Phi) is 7.01. The summed E-state index contributed by atoms with van der Waals surface area (Å²) < 4.78 is 91.3. The molecule has 1 amide bonds. The molecule has 3 aromatic rings. The number of carbonyl (C=O) groups excluding carboxylic acids is 1. The molecule has 0 saturated heterocycles. The lowest BCUT2D eigenvalue weighted by molar-refractivity contribution is -0.209. The smallest absolute Gasteiger partial charge is 0.382 e. The number of nitrogens with zero attached hydrogens (tertiary/aromatic N) is 2. The maximum Gasteiger partial charge on any atom is 0.416 e. The topological polar surface area (TPSA) is 84.2 Å². The van der Waals surface area contributed by atoms with Crippen LogP contribution in [0.4, 0.5) is 30.7 Å². The van der Waals surface area contributed by atoms with Crippen molar-refractivity contribution < 1.29 is 40.6 Å². The Bertz CT molecular complexity index is 1290. The Hall–Kier alpha value is -3.74. The molecule has 186 valence electrons. The zero-order valence-corrected chi connectivity index (χ0v) is 17.7. The number of benzene rings is 2. The van der Waals surface area contributed by atoms with Crippen LogP contribution in [-0.4, -0.2) is 39.1 Å². The molecule has 2 aromatic carbocycles. The van der Waals surface area contributed by atoms with Gasteiger partial charge in [0.1, 0.15) is 11.4 Å². The fourth-order valence-electron chi connectivity index (χ4n) is 3.06. The van der Waals surface area contributed by atoms with Gasteiger partial charge in [0.05, 0.1) is 23.0 Å². The molecule has 0 radical (unpaired) electrons. The highest BCUT2D eigenvalue weighted by Crippen LogP contribution is 2.30. The van der Waals surface area contributed by atoms with E-state index in [0.717, 1.165) is 49.4 Å². The summed E-state index contributed by atoms with van der Waals surface area (Å²) in [5.41, 5.74) is -3.18. The summed E-state index contributed by atoms with van der Waals surface area (Å²) >= 11 is 0. The lowest BCUT2D eigenvalue weighted by atomic mass is 10.1. The average Bonchev–Trinajstić information content (AvgIpc) is 2.77. The minimum Gasteiger partial charge on any atom is -0.382 e. The van der Waals surface area contributed by atoms with Crippen LogP contribution in [0.25, 0.3) is 16.9 Å². The van der Waals surface area contributed by atoms with E-state index >= 15 is 0 Å². The van der Waals surface area contributed by atoms with Crippen molar-refractivity contribution in [3.63, 3.8) is 0 Å². The second kappa shape index (κ2) is 9.49.